The molecule has 0 saturated heterocycles. The summed E-state index contributed by atoms with van der Waals surface area (Å²) in [6, 6.07) is 2.59. The van der Waals surface area contributed by atoms with Crippen molar-refractivity contribution in [3.63, 3.8) is 0 Å². The molecule has 0 unspecified atom stereocenters. The van der Waals surface area contributed by atoms with Crippen LogP contribution in [0.15, 0.2) is 16.5 Å². The highest BCUT2D eigenvalue weighted by molar-refractivity contribution is 5.45. The van der Waals surface area contributed by atoms with Crippen LogP contribution in [0.2, 0.25) is 0 Å². The van der Waals surface area contributed by atoms with Crippen molar-refractivity contribution in [2.45, 2.75) is 53.2 Å². The molecule has 0 fully saturated rings. The lowest BCUT2D eigenvalue weighted by Crippen LogP contribution is -2.31. The molecule has 0 N–H and O–H groups in total. The van der Waals surface area contributed by atoms with Crippen molar-refractivity contribution in [3.05, 3.63) is 11.8 Å². The number of aromatic nitrogens is 2. The van der Waals surface area contributed by atoms with Crippen molar-refractivity contribution in [1.82, 2.24) is 14.8 Å². The second-order valence-electron chi connectivity index (χ2n) is 4.59. The first-order valence-electron chi connectivity index (χ1n) is 6.17. The fraction of sp³-hybridized carbons (Fsp3) is 0.667. The Morgan fingerprint density at radius 2 is 2.00 bits per heavy atom. The van der Waals surface area contributed by atoms with Gasteiger partial charge in [0, 0.05) is 24.8 Å². The first-order chi connectivity index (χ1) is 8.49. The maximum absolute atomic E-state index is 8.99. The van der Waals surface area contributed by atoms with Gasteiger partial charge in [-0.1, -0.05) is 5.22 Å². The van der Waals surface area contributed by atoms with E-state index in [1.54, 1.807) is 10.9 Å². The molecule has 1 aromatic heterocycles. The summed E-state index contributed by atoms with van der Waals surface area (Å²) in [4.78, 5) is 0. The van der Waals surface area contributed by atoms with Crippen LogP contribution < -0.4 is 0 Å². The summed E-state index contributed by atoms with van der Waals surface area (Å²) in [6.07, 6.45) is 1.68. The van der Waals surface area contributed by atoms with Crippen LogP contribution in [0.3, 0.4) is 0 Å². The highest BCUT2D eigenvalue weighted by Crippen LogP contribution is 2.17. The van der Waals surface area contributed by atoms with Gasteiger partial charge in [0.25, 0.3) is 0 Å². The molecule has 0 aromatic carbocycles. The standard InChI is InChI=1S/C12H20N6/c1-6-17-8-11(7-13)12(15-17)14-16-18(9(2)3)10(4)5/h8-10H,6H2,1-5H3. The molecule has 0 saturated carbocycles. The average Bonchev–Trinajstić information content (AvgIpc) is 2.71. The normalized spacial score (nSPS) is 11.4. The Morgan fingerprint density at radius 3 is 2.44 bits per heavy atom. The summed E-state index contributed by atoms with van der Waals surface area (Å²) in [5.41, 5.74) is 0.452. The van der Waals surface area contributed by atoms with Gasteiger partial charge in [-0.2, -0.15) is 5.26 Å². The summed E-state index contributed by atoms with van der Waals surface area (Å²) in [7, 11) is 0. The Bertz CT molecular complexity index is 444. The molecule has 0 bridgehead atoms. The number of nitrogens with zero attached hydrogens (tertiary/aromatic N) is 6. The van der Waals surface area contributed by atoms with Gasteiger partial charge in [-0.15, -0.1) is 10.2 Å². The van der Waals surface area contributed by atoms with E-state index in [0.717, 1.165) is 0 Å². The molecule has 0 aliphatic carbocycles. The molecular formula is C12H20N6. The van der Waals surface area contributed by atoms with Crippen molar-refractivity contribution in [2.24, 2.45) is 10.3 Å². The van der Waals surface area contributed by atoms with E-state index in [9.17, 15) is 0 Å². The molecule has 98 valence electrons. The minimum atomic E-state index is 0.257. The van der Waals surface area contributed by atoms with Crippen molar-refractivity contribution < 1.29 is 0 Å². The third-order valence-electron chi connectivity index (χ3n) is 2.49. The van der Waals surface area contributed by atoms with Crippen LogP contribution in [-0.2, 0) is 6.54 Å². The largest absolute Gasteiger partial charge is 0.273 e. The Hall–Kier alpha value is -1.90. The lowest BCUT2D eigenvalue weighted by molar-refractivity contribution is 0.169. The maximum Gasteiger partial charge on any atom is 0.215 e. The van der Waals surface area contributed by atoms with Crippen molar-refractivity contribution in [1.29, 1.82) is 5.26 Å². The lowest BCUT2D eigenvalue weighted by atomic mass is 10.3. The first kappa shape index (κ1) is 14.2. The fourth-order valence-electron chi connectivity index (χ4n) is 1.62. The molecule has 0 radical (unpaired) electrons. The van der Waals surface area contributed by atoms with E-state index in [2.05, 4.69) is 49.2 Å². The Labute approximate surface area is 108 Å². The Balaban J connectivity index is 2.95. The summed E-state index contributed by atoms with van der Waals surface area (Å²) in [5.74, 6) is 0.380. The first-order valence-corrected chi connectivity index (χ1v) is 6.17. The highest BCUT2D eigenvalue weighted by Gasteiger charge is 2.12. The maximum atomic E-state index is 8.99. The molecular weight excluding hydrogens is 228 g/mol. The van der Waals surface area contributed by atoms with Crippen LogP contribution in [0, 0.1) is 11.3 Å². The zero-order valence-electron chi connectivity index (χ0n) is 11.6. The summed E-state index contributed by atoms with van der Waals surface area (Å²) < 4.78 is 1.68. The topological polar surface area (TPSA) is 69.6 Å². The second kappa shape index (κ2) is 6.15. The number of nitriles is 1. The molecule has 0 aliphatic rings. The summed E-state index contributed by atoms with van der Waals surface area (Å²) >= 11 is 0. The van der Waals surface area contributed by atoms with Crippen LogP contribution in [0.5, 0.6) is 0 Å². The van der Waals surface area contributed by atoms with Gasteiger partial charge < -0.3 is 0 Å². The van der Waals surface area contributed by atoms with Gasteiger partial charge in [0.15, 0.2) is 0 Å². The van der Waals surface area contributed by atoms with Gasteiger partial charge in [-0.05, 0) is 34.6 Å². The van der Waals surface area contributed by atoms with E-state index in [1.165, 1.54) is 0 Å². The smallest absolute Gasteiger partial charge is 0.215 e. The number of hydrogen-bond donors (Lipinski definition) is 0. The van der Waals surface area contributed by atoms with E-state index in [4.69, 9.17) is 5.26 Å². The van der Waals surface area contributed by atoms with Gasteiger partial charge >= 0.3 is 0 Å². The Kier molecular flexibility index (Phi) is 4.84. The molecule has 0 spiro atoms. The van der Waals surface area contributed by atoms with Crippen molar-refractivity contribution in [2.75, 3.05) is 0 Å². The second-order valence-corrected chi connectivity index (χ2v) is 4.59. The van der Waals surface area contributed by atoms with E-state index < -0.39 is 0 Å². The van der Waals surface area contributed by atoms with Crippen LogP contribution in [0.25, 0.3) is 0 Å². The van der Waals surface area contributed by atoms with Gasteiger partial charge in [0.2, 0.25) is 5.82 Å². The number of rotatable bonds is 5. The third-order valence-corrected chi connectivity index (χ3v) is 2.49. The predicted molar refractivity (Wildman–Crippen MR) is 69.2 cm³/mol. The molecule has 6 nitrogen and oxygen atoms in total. The van der Waals surface area contributed by atoms with Crippen LogP contribution in [0.4, 0.5) is 5.82 Å². The van der Waals surface area contributed by atoms with Crippen LogP contribution >= 0.6 is 0 Å². The van der Waals surface area contributed by atoms with Gasteiger partial charge in [-0.3, -0.25) is 9.69 Å². The molecule has 0 amide bonds. The Morgan fingerprint density at radius 1 is 1.39 bits per heavy atom. The predicted octanol–water partition coefficient (Wildman–Crippen LogP) is 2.89. The van der Waals surface area contributed by atoms with E-state index in [0.29, 0.717) is 17.9 Å². The number of aryl methyl sites for hydroxylation is 1. The van der Waals surface area contributed by atoms with E-state index >= 15 is 0 Å². The summed E-state index contributed by atoms with van der Waals surface area (Å²) in [5, 5.41) is 23.3. The van der Waals surface area contributed by atoms with Crippen molar-refractivity contribution in [3.8, 4) is 6.07 Å². The molecule has 18 heavy (non-hydrogen) atoms. The van der Waals surface area contributed by atoms with E-state index in [1.807, 2.05) is 11.9 Å². The average molecular weight is 248 g/mol. The molecule has 1 rings (SSSR count). The quantitative estimate of drug-likeness (QED) is 0.594. The minimum Gasteiger partial charge on any atom is -0.273 e. The third kappa shape index (κ3) is 3.29. The minimum absolute atomic E-state index is 0.257. The van der Waals surface area contributed by atoms with Gasteiger partial charge in [0.05, 0.1) is 0 Å². The monoisotopic (exact) mass is 248 g/mol. The van der Waals surface area contributed by atoms with Gasteiger partial charge in [0.1, 0.15) is 11.6 Å². The zero-order valence-corrected chi connectivity index (χ0v) is 11.6. The lowest BCUT2D eigenvalue weighted by Gasteiger charge is -2.25. The fourth-order valence-corrected chi connectivity index (χ4v) is 1.62. The highest BCUT2D eigenvalue weighted by atomic mass is 15.6. The zero-order chi connectivity index (χ0) is 13.7. The SMILES string of the molecule is CCn1cc(C#N)c(N=NN(C(C)C)C(C)C)n1. The van der Waals surface area contributed by atoms with Crippen LogP contribution in [-0.4, -0.2) is 26.9 Å². The van der Waals surface area contributed by atoms with E-state index in [-0.39, 0.29) is 12.1 Å². The summed E-state index contributed by atoms with van der Waals surface area (Å²) in [6.45, 7) is 10.9. The molecule has 6 heteroatoms. The number of hydrogen-bond acceptors (Lipinski definition) is 4. The van der Waals surface area contributed by atoms with Crippen LogP contribution in [0.1, 0.15) is 40.2 Å². The molecule has 0 atom stereocenters. The molecule has 1 aromatic rings. The molecule has 1 heterocycles. The van der Waals surface area contributed by atoms with Gasteiger partial charge in [-0.25, -0.2) is 0 Å². The van der Waals surface area contributed by atoms with Crippen molar-refractivity contribution >= 4 is 5.82 Å². The molecule has 0 aliphatic heterocycles.